The van der Waals surface area contributed by atoms with Crippen molar-refractivity contribution in [3.63, 3.8) is 0 Å². The molecule has 0 aliphatic carbocycles. The number of ether oxygens (including phenoxy) is 5. The highest BCUT2D eigenvalue weighted by Crippen LogP contribution is 2.47. The third-order valence-corrected chi connectivity index (χ3v) is 9.08. The third-order valence-electron chi connectivity index (χ3n) is 7.15. The highest BCUT2D eigenvalue weighted by Gasteiger charge is 2.62. The zero-order valence-corrected chi connectivity index (χ0v) is 22.3. The second-order valence-corrected chi connectivity index (χ2v) is 11.2. The van der Waals surface area contributed by atoms with E-state index in [4.69, 9.17) is 23.7 Å². The van der Waals surface area contributed by atoms with Gasteiger partial charge in [-0.2, -0.15) is 0 Å². The summed E-state index contributed by atoms with van der Waals surface area (Å²) < 4.78 is 45.2. The first-order valence-corrected chi connectivity index (χ1v) is 14.1. The van der Waals surface area contributed by atoms with Gasteiger partial charge in [-0.25, -0.2) is 0 Å². The molecule has 4 aromatic rings. The van der Waals surface area contributed by atoms with Crippen LogP contribution in [0.1, 0.15) is 11.1 Å². The van der Waals surface area contributed by atoms with Crippen LogP contribution in [0.25, 0.3) is 10.8 Å². The van der Waals surface area contributed by atoms with Crippen LogP contribution in [0.2, 0.25) is 0 Å². The highest BCUT2D eigenvalue weighted by molar-refractivity contribution is 7.86. The number of hydrogen-bond donors (Lipinski definition) is 1. The summed E-state index contributed by atoms with van der Waals surface area (Å²) in [5, 5.41) is 12.5. The minimum atomic E-state index is -1.72. The van der Waals surface area contributed by atoms with E-state index in [1.807, 2.05) is 91.0 Å². The molecular formula is C31H30O7S. The van der Waals surface area contributed by atoms with Crippen LogP contribution >= 0.6 is 0 Å². The minimum Gasteiger partial charge on any atom is -0.457 e. The summed E-state index contributed by atoms with van der Waals surface area (Å²) in [6.07, 6.45) is -3.13. The van der Waals surface area contributed by atoms with Gasteiger partial charge in [-0.3, -0.25) is 4.21 Å². The topological polar surface area (TPSA) is 83.5 Å². The van der Waals surface area contributed by atoms with E-state index in [2.05, 4.69) is 0 Å². The van der Waals surface area contributed by atoms with Gasteiger partial charge in [0.2, 0.25) is 0 Å². The normalized spacial score (nSPS) is 27.9. The molecule has 0 saturated carbocycles. The van der Waals surface area contributed by atoms with E-state index in [0.717, 1.165) is 21.9 Å². The fraction of sp³-hybridized carbons (Fsp3) is 0.290. The molecule has 39 heavy (non-hydrogen) atoms. The molecule has 202 valence electrons. The molecule has 6 atom stereocenters. The summed E-state index contributed by atoms with van der Waals surface area (Å²) in [5.41, 5.74) is 1.90. The van der Waals surface area contributed by atoms with Crippen LogP contribution in [-0.4, -0.2) is 52.6 Å². The lowest BCUT2D eigenvalue weighted by molar-refractivity contribution is -0.358. The summed E-state index contributed by atoms with van der Waals surface area (Å²) >= 11 is 0. The van der Waals surface area contributed by atoms with Gasteiger partial charge >= 0.3 is 0 Å². The van der Waals surface area contributed by atoms with Crippen LogP contribution in [0.5, 0.6) is 5.75 Å². The molecule has 7 nitrogen and oxygen atoms in total. The van der Waals surface area contributed by atoms with Crippen LogP contribution in [0, 0.1) is 0 Å². The maximum absolute atomic E-state index is 14.4. The quantitative estimate of drug-likeness (QED) is 0.347. The number of methoxy groups -OCH3 is 1. The molecule has 4 aromatic carbocycles. The summed E-state index contributed by atoms with van der Waals surface area (Å²) in [4.78, 5) is 0.525. The monoisotopic (exact) mass is 546 g/mol. The van der Waals surface area contributed by atoms with Gasteiger partial charge in [-0.05, 0) is 22.6 Å². The fourth-order valence-electron chi connectivity index (χ4n) is 5.28. The van der Waals surface area contributed by atoms with E-state index in [1.165, 1.54) is 7.11 Å². The predicted molar refractivity (Wildman–Crippen MR) is 147 cm³/mol. The van der Waals surface area contributed by atoms with Crippen molar-refractivity contribution in [2.24, 2.45) is 0 Å². The lowest BCUT2D eigenvalue weighted by Gasteiger charge is -2.52. The average Bonchev–Trinajstić information content (AvgIpc) is 2.97. The molecule has 1 fully saturated rings. The number of rotatable bonds is 8. The molecule has 1 saturated heterocycles. The molecule has 0 aromatic heterocycles. The molecule has 2 aliphatic rings. The third kappa shape index (κ3) is 5.00. The highest BCUT2D eigenvalue weighted by atomic mass is 32.2. The van der Waals surface area contributed by atoms with Crippen molar-refractivity contribution in [2.75, 3.05) is 13.7 Å². The molecule has 6 rings (SSSR count). The van der Waals surface area contributed by atoms with Crippen LogP contribution in [0.4, 0.5) is 0 Å². The van der Waals surface area contributed by atoms with Gasteiger partial charge in [0.1, 0.15) is 29.8 Å². The molecule has 8 heteroatoms. The molecule has 1 unspecified atom stereocenters. The van der Waals surface area contributed by atoms with Crippen molar-refractivity contribution in [1.29, 1.82) is 0 Å². The Labute approximate surface area is 229 Å². The summed E-state index contributed by atoms with van der Waals surface area (Å²) in [6.45, 7) is 0.441. The maximum atomic E-state index is 14.4. The summed E-state index contributed by atoms with van der Waals surface area (Å²) in [5.74, 6) is -1.14. The second-order valence-electron chi connectivity index (χ2n) is 9.70. The van der Waals surface area contributed by atoms with E-state index in [9.17, 15) is 9.32 Å². The Morgan fingerprint density at radius 3 is 2.26 bits per heavy atom. The Morgan fingerprint density at radius 2 is 1.54 bits per heavy atom. The lowest BCUT2D eigenvalue weighted by Crippen LogP contribution is -2.71. The maximum Gasteiger partial charge on any atom is 0.253 e. The van der Waals surface area contributed by atoms with Crippen molar-refractivity contribution in [3.8, 4) is 5.75 Å². The van der Waals surface area contributed by atoms with Gasteiger partial charge < -0.3 is 28.8 Å². The van der Waals surface area contributed by atoms with Crippen molar-refractivity contribution in [2.45, 2.75) is 47.6 Å². The van der Waals surface area contributed by atoms with Crippen molar-refractivity contribution in [3.05, 3.63) is 108 Å². The molecule has 0 amide bonds. The van der Waals surface area contributed by atoms with Crippen LogP contribution in [0.3, 0.4) is 0 Å². The minimum absolute atomic E-state index is 0.0765. The SMILES string of the molecule is CO[C@@H]1O[C@@]2(COCc3ccccc3)Oc3ccc4ccccc4c3S(=O)[C@H]2[C@H](O)[C@H]1OCc1ccccc1. The van der Waals surface area contributed by atoms with Gasteiger partial charge in [0.25, 0.3) is 5.79 Å². The average molecular weight is 547 g/mol. The molecule has 0 spiro atoms. The number of fused-ring (bicyclic) bond motifs is 4. The number of aliphatic hydroxyl groups excluding tert-OH is 1. The Bertz CT molecular complexity index is 1450. The molecule has 0 radical (unpaired) electrons. The second kappa shape index (κ2) is 11.2. The number of aliphatic hydroxyl groups is 1. The molecule has 2 aliphatic heterocycles. The first kappa shape index (κ1) is 26.1. The van der Waals surface area contributed by atoms with Gasteiger partial charge in [0.05, 0.1) is 28.9 Å². The van der Waals surface area contributed by atoms with Crippen LogP contribution in [-0.2, 0) is 43.0 Å². The standard InChI is InChI=1S/C31H30O7S/c1-34-30-27(36-19-22-12-6-3-7-13-22)26(32)29-31(38-30,20-35-18-21-10-4-2-5-11-21)37-25-17-16-23-14-8-9-15-24(23)28(25)39(29)33/h2-17,26-27,29-30,32H,18-20H2,1H3/t26-,27-,29+,30-,31-,39?/m1/s1. The van der Waals surface area contributed by atoms with Gasteiger partial charge in [0, 0.05) is 12.5 Å². The first-order chi connectivity index (χ1) is 19.1. The first-order valence-electron chi connectivity index (χ1n) is 12.9. The Balaban J connectivity index is 1.36. The van der Waals surface area contributed by atoms with Gasteiger partial charge in [-0.15, -0.1) is 0 Å². The summed E-state index contributed by atoms with van der Waals surface area (Å²) in [6, 6.07) is 30.7. The smallest absolute Gasteiger partial charge is 0.253 e. The Hall–Kier alpha value is -3.11. The van der Waals surface area contributed by atoms with Crippen molar-refractivity contribution in [1.82, 2.24) is 0 Å². The summed E-state index contributed by atoms with van der Waals surface area (Å²) in [7, 11) is -0.242. The largest absolute Gasteiger partial charge is 0.457 e. The predicted octanol–water partition coefficient (Wildman–Crippen LogP) is 4.57. The van der Waals surface area contributed by atoms with Gasteiger partial charge in [-0.1, -0.05) is 91.0 Å². The molecule has 0 bridgehead atoms. The van der Waals surface area contributed by atoms with Crippen molar-refractivity contribution >= 4 is 21.6 Å². The van der Waals surface area contributed by atoms with E-state index >= 15 is 0 Å². The molecule has 1 N–H and O–H groups in total. The van der Waals surface area contributed by atoms with E-state index < -0.39 is 40.3 Å². The van der Waals surface area contributed by atoms with Crippen molar-refractivity contribution < 1.29 is 33.0 Å². The van der Waals surface area contributed by atoms with E-state index in [1.54, 1.807) is 6.07 Å². The fourth-order valence-corrected chi connectivity index (χ4v) is 7.15. The van der Waals surface area contributed by atoms with Gasteiger partial charge in [0.15, 0.2) is 6.29 Å². The lowest BCUT2D eigenvalue weighted by atomic mass is 9.97. The Kier molecular flexibility index (Phi) is 7.49. The van der Waals surface area contributed by atoms with Crippen LogP contribution in [0.15, 0.2) is 102 Å². The molecule has 2 heterocycles. The zero-order valence-electron chi connectivity index (χ0n) is 21.5. The number of hydrogen-bond acceptors (Lipinski definition) is 7. The molecular weight excluding hydrogens is 516 g/mol. The Morgan fingerprint density at radius 1 is 0.872 bits per heavy atom. The van der Waals surface area contributed by atoms with E-state index in [0.29, 0.717) is 17.3 Å². The van der Waals surface area contributed by atoms with E-state index in [-0.39, 0.29) is 13.2 Å². The number of benzene rings is 4. The zero-order chi connectivity index (χ0) is 26.8. The van der Waals surface area contributed by atoms with Crippen LogP contribution < -0.4 is 4.74 Å².